The van der Waals surface area contributed by atoms with Gasteiger partial charge in [-0.1, -0.05) is 0 Å². The molecule has 0 fully saturated rings. The van der Waals surface area contributed by atoms with Crippen LogP contribution in [0.5, 0.6) is 0 Å². The highest BCUT2D eigenvalue weighted by molar-refractivity contribution is 4.83. The molecule has 0 saturated carbocycles. The van der Waals surface area contributed by atoms with Gasteiger partial charge in [-0.05, 0) is 19.4 Å². The molecule has 0 aromatic rings. The molecule has 0 spiro atoms. The van der Waals surface area contributed by atoms with Crippen molar-refractivity contribution in [1.29, 1.82) is 5.26 Å². The quantitative estimate of drug-likeness (QED) is 0.346. The van der Waals surface area contributed by atoms with E-state index in [2.05, 4.69) is 11.2 Å². The molecule has 0 aliphatic carbocycles. The van der Waals surface area contributed by atoms with Crippen LogP contribution in [-0.4, -0.2) is 13.1 Å². The van der Waals surface area contributed by atoms with Gasteiger partial charge < -0.3 is 5.32 Å². The summed E-state index contributed by atoms with van der Waals surface area (Å²) >= 11 is 0. The van der Waals surface area contributed by atoms with E-state index in [1.807, 2.05) is 6.07 Å². The van der Waals surface area contributed by atoms with Crippen LogP contribution in [0.25, 0.3) is 0 Å². The molecule has 0 rings (SSSR count). The van der Waals surface area contributed by atoms with Crippen molar-refractivity contribution in [2.24, 2.45) is 0 Å². The summed E-state index contributed by atoms with van der Waals surface area (Å²) in [6, 6.07) is 2.01. The van der Waals surface area contributed by atoms with Crippen molar-refractivity contribution in [3.8, 4) is 18.4 Å². The second-order valence-electron chi connectivity index (χ2n) is 2.00. The van der Waals surface area contributed by atoms with Crippen LogP contribution in [0.4, 0.5) is 0 Å². The number of unbranched alkanes of at least 4 members (excludes halogenated alkanes) is 2. The van der Waals surface area contributed by atoms with E-state index in [1.54, 1.807) is 0 Å². The van der Waals surface area contributed by atoms with Crippen molar-refractivity contribution in [2.75, 3.05) is 13.1 Å². The average molecular weight is 136 g/mol. The zero-order valence-electron chi connectivity index (χ0n) is 6.06. The highest BCUT2D eigenvalue weighted by Crippen LogP contribution is 1.90. The Hall–Kier alpha value is -0.990. The first-order valence-electron chi connectivity index (χ1n) is 3.43. The summed E-state index contributed by atoms with van der Waals surface area (Å²) < 4.78 is 0. The normalized spacial score (nSPS) is 8.20. The topological polar surface area (TPSA) is 35.8 Å². The van der Waals surface area contributed by atoms with E-state index in [-0.39, 0.29) is 0 Å². The van der Waals surface area contributed by atoms with Gasteiger partial charge in [0.25, 0.3) is 0 Å². The minimum atomic E-state index is 0.441. The Bertz CT molecular complexity index is 120. The number of nitriles is 1. The van der Waals surface area contributed by atoms with E-state index in [1.165, 1.54) is 0 Å². The summed E-state index contributed by atoms with van der Waals surface area (Å²) in [5.74, 6) is 2.57. The van der Waals surface area contributed by atoms with Crippen molar-refractivity contribution >= 4 is 0 Å². The molecule has 1 N–H and O–H groups in total. The monoisotopic (exact) mass is 136 g/mol. The lowest BCUT2D eigenvalue weighted by molar-refractivity contribution is 0.668. The fraction of sp³-hybridized carbons (Fsp3) is 0.625. The molecule has 0 aromatic carbocycles. The molecule has 0 aromatic heterocycles. The van der Waals surface area contributed by atoms with Gasteiger partial charge in [0.15, 0.2) is 0 Å². The van der Waals surface area contributed by atoms with Crippen molar-refractivity contribution in [3.63, 3.8) is 0 Å². The predicted molar refractivity (Wildman–Crippen MR) is 41.2 cm³/mol. The van der Waals surface area contributed by atoms with Crippen LogP contribution < -0.4 is 5.32 Å². The average Bonchev–Trinajstić information content (AvgIpc) is 1.97. The van der Waals surface area contributed by atoms with E-state index in [0.717, 1.165) is 25.8 Å². The first-order chi connectivity index (χ1) is 4.91. The summed E-state index contributed by atoms with van der Waals surface area (Å²) in [6.45, 7) is 1.34. The molecule has 0 bridgehead atoms. The van der Waals surface area contributed by atoms with Crippen LogP contribution in [0.3, 0.4) is 0 Å². The Balaban J connectivity index is 2.80. The van der Waals surface area contributed by atoms with Crippen molar-refractivity contribution in [2.45, 2.75) is 19.3 Å². The van der Waals surface area contributed by atoms with Crippen molar-refractivity contribution < 1.29 is 0 Å². The molecule has 0 saturated heterocycles. The van der Waals surface area contributed by atoms with E-state index in [0.29, 0.717) is 6.54 Å². The third-order valence-electron chi connectivity index (χ3n) is 1.13. The molecule has 0 unspecified atom stereocenters. The van der Waals surface area contributed by atoms with Gasteiger partial charge in [0.1, 0.15) is 0 Å². The molecular weight excluding hydrogens is 124 g/mol. The molecule has 0 atom stereocenters. The third-order valence-corrected chi connectivity index (χ3v) is 1.13. The summed E-state index contributed by atoms with van der Waals surface area (Å²) in [7, 11) is 0. The van der Waals surface area contributed by atoms with Crippen LogP contribution in [0.1, 0.15) is 19.3 Å². The maximum atomic E-state index is 8.12. The fourth-order valence-electron chi connectivity index (χ4n) is 0.621. The van der Waals surface area contributed by atoms with Crippen LogP contribution >= 0.6 is 0 Å². The minimum Gasteiger partial charge on any atom is -0.304 e. The van der Waals surface area contributed by atoms with E-state index in [9.17, 15) is 0 Å². The molecule has 0 aliphatic heterocycles. The van der Waals surface area contributed by atoms with Crippen molar-refractivity contribution in [1.82, 2.24) is 5.32 Å². The van der Waals surface area contributed by atoms with E-state index >= 15 is 0 Å². The Morgan fingerprint density at radius 3 is 2.80 bits per heavy atom. The SMILES string of the molecule is C#CCCCCNCC#N. The van der Waals surface area contributed by atoms with Gasteiger partial charge >= 0.3 is 0 Å². The Morgan fingerprint density at radius 1 is 1.40 bits per heavy atom. The van der Waals surface area contributed by atoms with Gasteiger partial charge in [0, 0.05) is 6.42 Å². The number of nitrogens with zero attached hydrogens (tertiary/aromatic N) is 1. The van der Waals surface area contributed by atoms with Crippen LogP contribution in [0.2, 0.25) is 0 Å². The molecule has 0 radical (unpaired) electrons. The van der Waals surface area contributed by atoms with Gasteiger partial charge in [-0.2, -0.15) is 5.26 Å². The van der Waals surface area contributed by atoms with Gasteiger partial charge in [-0.3, -0.25) is 0 Å². The van der Waals surface area contributed by atoms with Gasteiger partial charge in [0.2, 0.25) is 0 Å². The molecule has 2 heteroatoms. The molecule has 54 valence electrons. The van der Waals surface area contributed by atoms with E-state index < -0.39 is 0 Å². The number of hydrogen-bond donors (Lipinski definition) is 1. The molecule has 10 heavy (non-hydrogen) atoms. The molecule has 0 amide bonds. The maximum Gasteiger partial charge on any atom is 0.0840 e. The largest absolute Gasteiger partial charge is 0.304 e. The lowest BCUT2D eigenvalue weighted by atomic mass is 10.2. The predicted octanol–water partition coefficient (Wildman–Crippen LogP) is 0.903. The summed E-state index contributed by atoms with van der Waals surface area (Å²) in [5, 5.41) is 11.1. The maximum absolute atomic E-state index is 8.12. The summed E-state index contributed by atoms with van der Waals surface area (Å²) in [5.41, 5.74) is 0. The van der Waals surface area contributed by atoms with Crippen LogP contribution in [0, 0.1) is 23.7 Å². The molecule has 2 nitrogen and oxygen atoms in total. The highest BCUT2D eigenvalue weighted by Gasteiger charge is 1.84. The minimum absolute atomic E-state index is 0.441. The Labute approximate surface area is 62.2 Å². The zero-order valence-corrected chi connectivity index (χ0v) is 6.06. The lowest BCUT2D eigenvalue weighted by Crippen LogP contribution is -2.14. The lowest BCUT2D eigenvalue weighted by Gasteiger charge is -1.95. The molecule has 0 heterocycles. The number of rotatable bonds is 5. The number of hydrogen-bond acceptors (Lipinski definition) is 2. The van der Waals surface area contributed by atoms with Gasteiger partial charge in [-0.15, -0.1) is 12.3 Å². The smallest absolute Gasteiger partial charge is 0.0840 e. The van der Waals surface area contributed by atoms with Crippen LogP contribution in [0.15, 0.2) is 0 Å². The first kappa shape index (κ1) is 9.01. The second kappa shape index (κ2) is 8.01. The zero-order chi connectivity index (χ0) is 7.66. The summed E-state index contributed by atoms with van der Waals surface area (Å²) in [6.07, 6.45) is 8.00. The second-order valence-corrected chi connectivity index (χ2v) is 2.00. The van der Waals surface area contributed by atoms with Gasteiger partial charge in [-0.25, -0.2) is 0 Å². The Kier molecular flexibility index (Phi) is 7.22. The summed E-state index contributed by atoms with van der Waals surface area (Å²) in [4.78, 5) is 0. The standard InChI is InChI=1S/C8H12N2/c1-2-3-4-5-7-10-8-6-9/h1,10H,3-5,7-8H2. The fourth-order valence-corrected chi connectivity index (χ4v) is 0.621. The first-order valence-corrected chi connectivity index (χ1v) is 3.43. The number of nitrogens with one attached hydrogen (secondary N) is 1. The highest BCUT2D eigenvalue weighted by atomic mass is 14.8. The van der Waals surface area contributed by atoms with Crippen molar-refractivity contribution in [3.05, 3.63) is 0 Å². The Morgan fingerprint density at radius 2 is 2.20 bits per heavy atom. The third kappa shape index (κ3) is 7.01. The molecule has 0 aliphatic rings. The van der Waals surface area contributed by atoms with Crippen LogP contribution in [-0.2, 0) is 0 Å². The van der Waals surface area contributed by atoms with E-state index in [4.69, 9.17) is 11.7 Å². The van der Waals surface area contributed by atoms with Gasteiger partial charge in [0.05, 0.1) is 12.6 Å². The molecular formula is C8H12N2. The number of terminal acetylenes is 1.